The van der Waals surface area contributed by atoms with E-state index in [2.05, 4.69) is 15.7 Å². The minimum atomic E-state index is -0.499. The van der Waals surface area contributed by atoms with Gasteiger partial charge in [0.2, 0.25) is 0 Å². The van der Waals surface area contributed by atoms with E-state index in [1.807, 2.05) is 12.1 Å². The molecule has 3 aromatic rings. The normalized spacial score (nSPS) is 10.7. The molecular weight excluding hydrogens is 260 g/mol. The summed E-state index contributed by atoms with van der Waals surface area (Å²) < 4.78 is 1.42. The average molecular weight is 270 g/mol. The van der Waals surface area contributed by atoms with Crippen LogP contribution in [-0.4, -0.2) is 19.9 Å². The molecule has 1 aromatic heterocycles. The molecule has 20 heavy (non-hydrogen) atoms. The van der Waals surface area contributed by atoms with Crippen LogP contribution in [0.15, 0.2) is 42.5 Å². The molecule has 0 atom stereocenters. The number of nitro benzene ring substituents is 1. The lowest BCUT2D eigenvalue weighted by atomic mass is 10.2. The monoisotopic (exact) mass is 270 g/mol. The summed E-state index contributed by atoms with van der Waals surface area (Å²) in [5.74, 6) is 5.32. The van der Waals surface area contributed by atoms with E-state index in [0.717, 1.165) is 0 Å². The molecule has 8 nitrogen and oxygen atoms in total. The fraction of sp³-hybridized carbons (Fsp3) is 0. The van der Waals surface area contributed by atoms with Gasteiger partial charge in [-0.05, 0) is 24.3 Å². The second-order valence-corrected chi connectivity index (χ2v) is 4.06. The zero-order valence-corrected chi connectivity index (χ0v) is 10.2. The number of aromatic nitrogens is 3. The van der Waals surface area contributed by atoms with Gasteiger partial charge < -0.3 is 5.43 Å². The number of benzene rings is 2. The van der Waals surface area contributed by atoms with Gasteiger partial charge in [-0.3, -0.25) is 16.0 Å². The highest BCUT2D eigenvalue weighted by atomic mass is 16.6. The Bertz CT molecular complexity index is 797. The fourth-order valence-electron chi connectivity index (χ4n) is 2.06. The van der Waals surface area contributed by atoms with Crippen LogP contribution in [0, 0.1) is 10.1 Å². The topological polar surface area (TPSA) is 112 Å². The van der Waals surface area contributed by atoms with E-state index in [1.165, 1.54) is 10.7 Å². The van der Waals surface area contributed by atoms with Gasteiger partial charge in [0.1, 0.15) is 16.9 Å². The summed E-state index contributed by atoms with van der Waals surface area (Å²) >= 11 is 0. The summed E-state index contributed by atoms with van der Waals surface area (Å²) in [6, 6.07) is 12.0. The summed E-state index contributed by atoms with van der Waals surface area (Å²) in [6.45, 7) is 0. The maximum absolute atomic E-state index is 11.3. The molecule has 0 fully saturated rings. The van der Waals surface area contributed by atoms with E-state index in [1.54, 1.807) is 24.3 Å². The molecule has 0 unspecified atom stereocenters. The van der Waals surface area contributed by atoms with Crippen LogP contribution in [0.2, 0.25) is 0 Å². The van der Waals surface area contributed by atoms with Crippen molar-refractivity contribution < 1.29 is 4.92 Å². The summed E-state index contributed by atoms with van der Waals surface area (Å²) in [6.07, 6.45) is 0. The van der Waals surface area contributed by atoms with Crippen LogP contribution in [0.4, 0.5) is 11.4 Å². The number of nitrogens with zero attached hydrogens (tertiary/aromatic N) is 4. The lowest BCUT2D eigenvalue weighted by molar-refractivity contribution is -0.383. The smallest absolute Gasteiger partial charge is 0.318 e. The molecule has 8 heteroatoms. The third-order valence-corrected chi connectivity index (χ3v) is 2.93. The molecule has 1 heterocycles. The van der Waals surface area contributed by atoms with E-state index < -0.39 is 4.92 Å². The Balaban J connectivity index is 2.32. The fourth-order valence-corrected chi connectivity index (χ4v) is 2.06. The molecule has 100 valence electrons. The molecule has 0 saturated heterocycles. The minimum absolute atomic E-state index is 0.148. The van der Waals surface area contributed by atoms with E-state index in [9.17, 15) is 10.1 Å². The van der Waals surface area contributed by atoms with Crippen LogP contribution in [0.3, 0.4) is 0 Å². The van der Waals surface area contributed by atoms with Crippen molar-refractivity contribution in [2.24, 2.45) is 5.84 Å². The third-order valence-electron chi connectivity index (χ3n) is 2.93. The number of nitrogens with two attached hydrogens (primary N) is 1. The van der Waals surface area contributed by atoms with Crippen LogP contribution in [0.1, 0.15) is 0 Å². The number of hydrazine groups is 1. The van der Waals surface area contributed by atoms with Gasteiger partial charge in [0.15, 0.2) is 0 Å². The number of anilines is 1. The summed E-state index contributed by atoms with van der Waals surface area (Å²) in [7, 11) is 0. The quantitative estimate of drug-likeness (QED) is 0.425. The van der Waals surface area contributed by atoms with Crippen molar-refractivity contribution in [3.63, 3.8) is 0 Å². The Morgan fingerprint density at radius 3 is 2.75 bits per heavy atom. The van der Waals surface area contributed by atoms with Crippen molar-refractivity contribution in [3.05, 3.63) is 52.6 Å². The van der Waals surface area contributed by atoms with Gasteiger partial charge in [-0.1, -0.05) is 23.4 Å². The SMILES string of the molecule is NNc1cccc(-n2nnc3ccccc32)c1[N+](=O)[O-]. The predicted molar refractivity (Wildman–Crippen MR) is 73.3 cm³/mol. The molecule has 0 amide bonds. The Kier molecular flexibility index (Phi) is 2.77. The largest absolute Gasteiger partial charge is 0.319 e. The number of hydrogen-bond donors (Lipinski definition) is 2. The van der Waals surface area contributed by atoms with Crippen LogP contribution < -0.4 is 11.3 Å². The lowest BCUT2D eigenvalue weighted by Gasteiger charge is -2.07. The predicted octanol–water partition coefficient (Wildman–Crippen LogP) is 1.61. The molecule has 0 aliphatic carbocycles. The first-order chi connectivity index (χ1) is 9.72. The number of fused-ring (bicyclic) bond motifs is 1. The molecule has 3 rings (SSSR count). The van der Waals surface area contributed by atoms with Gasteiger partial charge in [0, 0.05) is 0 Å². The number of hydrogen-bond acceptors (Lipinski definition) is 6. The first-order valence-electron chi connectivity index (χ1n) is 5.77. The molecule has 0 aliphatic rings. The van der Waals surface area contributed by atoms with E-state index >= 15 is 0 Å². The number of para-hydroxylation sites is 2. The van der Waals surface area contributed by atoms with Crippen LogP contribution in [-0.2, 0) is 0 Å². The first kappa shape index (κ1) is 12.1. The lowest BCUT2D eigenvalue weighted by Crippen LogP contribution is -2.11. The van der Waals surface area contributed by atoms with Crippen molar-refractivity contribution >= 4 is 22.4 Å². The summed E-state index contributed by atoms with van der Waals surface area (Å²) in [5, 5.41) is 19.2. The van der Waals surface area contributed by atoms with Crippen molar-refractivity contribution in [1.82, 2.24) is 15.0 Å². The first-order valence-corrected chi connectivity index (χ1v) is 5.77. The van der Waals surface area contributed by atoms with Gasteiger partial charge in [-0.15, -0.1) is 5.10 Å². The summed E-state index contributed by atoms with van der Waals surface area (Å²) in [5.41, 5.74) is 4.04. The zero-order valence-electron chi connectivity index (χ0n) is 10.2. The third kappa shape index (κ3) is 1.75. The highest BCUT2D eigenvalue weighted by Crippen LogP contribution is 2.31. The van der Waals surface area contributed by atoms with Crippen molar-refractivity contribution in [3.8, 4) is 5.69 Å². The van der Waals surface area contributed by atoms with Crippen LogP contribution in [0.5, 0.6) is 0 Å². The molecule has 3 N–H and O–H groups in total. The number of nitrogen functional groups attached to an aromatic ring is 1. The molecule has 0 radical (unpaired) electrons. The Morgan fingerprint density at radius 2 is 2.00 bits per heavy atom. The Hall–Kier alpha value is -3.00. The number of rotatable bonds is 3. The molecule has 0 aliphatic heterocycles. The van der Waals surface area contributed by atoms with Crippen LogP contribution >= 0.6 is 0 Å². The molecule has 0 saturated carbocycles. The highest BCUT2D eigenvalue weighted by Gasteiger charge is 2.22. The zero-order chi connectivity index (χ0) is 14.1. The van der Waals surface area contributed by atoms with Gasteiger partial charge in [0.05, 0.1) is 10.4 Å². The van der Waals surface area contributed by atoms with Gasteiger partial charge in [-0.25, -0.2) is 4.68 Å². The molecular formula is C12H10N6O2. The van der Waals surface area contributed by atoms with E-state index in [4.69, 9.17) is 5.84 Å². The second-order valence-electron chi connectivity index (χ2n) is 4.06. The standard InChI is InChI=1S/C12H10N6O2/c13-14-9-5-3-7-11(12(9)18(19)20)17-10-6-2-1-4-8(10)15-16-17/h1-7,14H,13H2. The second kappa shape index (κ2) is 4.59. The van der Waals surface area contributed by atoms with Gasteiger partial charge >= 0.3 is 5.69 Å². The molecule has 2 aromatic carbocycles. The molecule has 0 spiro atoms. The van der Waals surface area contributed by atoms with Gasteiger partial charge in [-0.2, -0.15) is 0 Å². The number of nitro groups is 1. The summed E-state index contributed by atoms with van der Waals surface area (Å²) in [4.78, 5) is 10.8. The van der Waals surface area contributed by atoms with Crippen LogP contribution in [0.25, 0.3) is 16.7 Å². The maximum atomic E-state index is 11.3. The average Bonchev–Trinajstić information content (AvgIpc) is 2.90. The molecule has 0 bridgehead atoms. The maximum Gasteiger partial charge on any atom is 0.319 e. The van der Waals surface area contributed by atoms with E-state index in [0.29, 0.717) is 16.7 Å². The number of nitrogens with one attached hydrogen (secondary N) is 1. The highest BCUT2D eigenvalue weighted by molar-refractivity contribution is 5.79. The van der Waals surface area contributed by atoms with Gasteiger partial charge in [0.25, 0.3) is 0 Å². The van der Waals surface area contributed by atoms with E-state index in [-0.39, 0.29) is 11.4 Å². The minimum Gasteiger partial charge on any atom is -0.318 e. The Labute approximate surface area is 112 Å². The van der Waals surface area contributed by atoms with Crippen molar-refractivity contribution in [1.29, 1.82) is 0 Å². The Morgan fingerprint density at radius 1 is 1.20 bits per heavy atom. The van der Waals surface area contributed by atoms with Crippen molar-refractivity contribution in [2.45, 2.75) is 0 Å². The van der Waals surface area contributed by atoms with Crippen molar-refractivity contribution in [2.75, 3.05) is 5.43 Å².